The van der Waals surface area contributed by atoms with Crippen molar-refractivity contribution in [3.8, 4) is 0 Å². The number of nitrogens with one attached hydrogen (secondary N) is 1. The van der Waals surface area contributed by atoms with Gasteiger partial charge in [0.25, 0.3) is 0 Å². The summed E-state index contributed by atoms with van der Waals surface area (Å²) in [5, 5.41) is 12.5. The fourth-order valence-electron chi connectivity index (χ4n) is 2.73. The van der Waals surface area contributed by atoms with Crippen molar-refractivity contribution >= 4 is 5.91 Å². The summed E-state index contributed by atoms with van der Waals surface area (Å²) >= 11 is 0. The molecule has 1 fully saturated rings. The molecule has 0 aromatic heterocycles. The first-order chi connectivity index (χ1) is 10.1. The summed E-state index contributed by atoms with van der Waals surface area (Å²) in [4.78, 5) is 14.6. The predicted octanol–water partition coefficient (Wildman–Crippen LogP) is 1.50. The smallest absolute Gasteiger partial charge is 0.240 e. The molecule has 0 radical (unpaired) electrons. The van der Waals surface area contributed by atoms with E-state index in [1.165, 1.54) is 5.56 Å². The van der Waals surface area contributed by atoms with E-state index >= 15 is 0 Å². The van der Waals surface area contributed by atoms with Crippen molar-refractivity contribution in [1.29, 1.82) is 0 Å². The number of aliphatic hydroxyl groups is 1. The fourth-order valence-corrected chi connectivity index (χ4v) is 2.73. The van der Waals surface area contributed by atoms with Crippen LogP contribution in [0.5, 0.6) is 0 Å². The van der Waals surface area contributed by atoms with E-state index in [1.807, 2.05) is 11.8 Å². The maximum atomic E-state index is 12.7. The maximum absolute atomic E-state index is 12.7. The van der Waals surface area contributed by atoms with E-state index in [-0.39, 0.29) is 24.6 Å². The number of likely N-dealkylation sites (tertiary alicyclic amines) is 1. The molecule has 0 bridgehead atoms. The van der Waals surface area contributed by atoms with E-state index < -0.39 is 0 Å². The van der Waals surface area contributed by atoms with Gasteiger partial charge in [0.15, 0.2) is 0 Å². The highest BCUT2D eigenvalue weighted by Crippen LogP contribution is 2.13. The van der Waals surface area contributed by atoms with Gasteiger partial charge in [0.2, 0.25) is 5.91 Å². The molecule has 1 aliphatic heterocycles. The predicted molar refractivity (Wildman–Crippen MR) is 84.2 cm³/mol. The van der Waals surface area contributed by atoms with Crippen LogP contribution in [0, 0.1) is 6.92 Å². The van der Waals surface area contributed by atoms with Crippen LogP contribution in [0.2, 0.25) is 0 Å². The van der Waals surface area contributed by atoms with Crippen molar-refractivity contribution in [2.45, 2.75) is 45.2 Å². The van der Waals surface area contributed by atoms with Gasteiger partial charge in [0, 0.05) is 19.1 Å². The molecule has 2 atom stereocenters. The summed E-state index contributed by atoms with van der Waals surface area (Å²) in [5.74, 6) is 0.161. The van der Waals surface area contributed by atoms with Gasteiger partial charge in [0.1, 0.15) is 0 Å². The van der Waals surface area contributed by atoms with Crippen molar-refractivity contribution in [2.24, 2.45) is 0 Å². The Morgan fingerprint density at radius 3 is 2.48 bits per heavy atom. The Morgan fingerprint density at radius 2 is 1.90 bits per heavy atom. The van der Waals surface area contributed by atoms with Crippen molar-refractivity contribution < 1.29 is 9.90 Å². The van der Waals surface area contributed by atoms with Crippen LogP contribution in [-0.4, -0.2) is 47.7 Å². The molecule has 1 heterocycles. The third-order valence-corrected chi connectivity index (χ3v) is 4.04. The molecule has 1 aromatic carbocycles. The fraction of sp³-hybridized carbons (Fsp3) is 0.588. The van der Waals surface area contributed by atoms with Crippen LogP contribution in [0.4, 0.5) is 0 Å². The monoisotopic (exact) mass is 290 g/mol. The number of carbonyl (C=O) groups is 1. The first-order valence-electron chi connectivity index (χ1n) is 7.81. The molecule has 1 unspecified atom stereocenters. The summed E-state index contributed by atoms with van der Waals surface area (Å²) in [7, 11) is 0. The van der Waals surface area contributed by atoms with Gasteiger partial charge in [-0.05, 0) is 38.7 Å². The molecular weight excluding hydrogens is 264 g/mol. The van der Waals surface area contributed by atoms with Crippen molar-refractivity contribution in [1.82, 2.24) is 10.2 Å². The number of amides is 1. The van der Waals surface area contributed by atoms with Crippen LogP contribution in [0.25, 0.3) is 0 Å². The molecular formula is C17H26N2O2. The summed E-state index contributed by atoms with van der Waals surface area (Å²) in [6.45, 7) is 5.72. The number of aliphatic hydroxyl groups excluding tert-OH is 1. The molecule has 4 heteroatoms. The first-order valence-corrected chi connectivity index (χ1v) is 7.81. The number of hydrogen-bond donors (Lipinski definition) is 2. The Morgan fingerprint density at radius 1 is 1.29 bits per heavy atom. The zero-order valence-corrected chi connectivity index (χ0v) is 13.0. The van der Waals surface area contributed by atoms with E-state index in [0.29, 0.717) is 6.42 Å². The Kier molecular flexibility index (Phi) is 5.76. The molecule has 0 aliphatic carbocycles. The molecule has 21 heavy (non-hydrogen) atoms. The van der Waals surface area contributed by atoms with Crippen LogP contribution in [-0.2, 0) is 11.2 Å². The van der Waals surface area contributed by atoms with Gasteiger partial charge in [-0.1, -0.05) is 29.8 Å². The highest BCUT2D eigenvalue weighted by Gasteiger charge is 2.27. The van der Waals surface area contributed by atoms with Crippen molar-refractivity contribution in [3.63, 3.8) is 0 Å². The average Bonchev–Trinajstić information content (AvgIpc) is 3.02. The van der Waals surface area contributed by atoms with Crippen LogP contribution in [0.1, 0.15) is 30.9 Å². The van der Waals surface area contributed by atoms with Crippen LogP contribution >= 0.6 is 0 Å². The molecule has 4 nitrogen and oxygen atoms in total. The van der Waals surface area contributed by atoms with Crippen molar-refractivity contribution in [2.75, 3.05) is 19.7 Å². The zero-order valence-electron chi connectivity index (χ0n) is 13.0. The number of aryl methyl sites for hydroxylation is 1. The van der Waals surface area contributed by atoms with Crippen LogP contribution in [0.3, 0.4) is 0 Å². The number of nitrogens with zero attached hydrogens (tertiary/aromatic N) is 1. The lowest BCUT2D eigenvalue weighted by molar-refractivity contribution is -0.132. The molecule has 0 spiro atoms. The van der Waals surface area contributed by atoms with Gasteiger partial charge in [-0.3, -0.25) is 4.79 Å². The zero-order chi connectivity index (χ0) is 15.2. The normalized spacial score (nSPS) is 17.8. The lowest BCUT2D eigenvalue weighted by Gasteiger charge is -2.26. The Labute approximate surface area is 127 Å². The molecule has 2 N–H and O–H groups in total. The second-order valence-corrected chi connectivity index (χ2v) is 6.02. The number of carbonyl (C=O) groups excluding carboxylic acids is 1. The lowest BCUT2D eigenvalue weighted by atomic mass is 10.0. The van der Waals surface area contributed by atoms with Gasteiger partial charge in [-0.2, -0.15) is 0 Å². The molecule has 116 valence electrons. The summed E-state index contributed by atoms with van der Waals surface area (Å²) in [6.07, 6.45) is 2.86. The molecule has 1 aliphatic rings. The molecule has 1 aromatic rings. The van der Waals surface area contributed by atoms with Gasteiger partial charge < -0.3 is 15.3 Å². The standard InChI is InChI=1S/C17H26N2O2/c1-13-5-7-15(8-6-13)11-16(18-14(2)12-20)17(21)19-9-3-4-10-19/h5-8,14,16,18,20H,3-4,9-12H2,1-2H3/t14?,16-/m0/s1. The van der Waals surface area contributed by atoms with Gasteiger partial charge in [0.05, 0.1) is 12.6 Å². The first kappa shape index (κ1) is 16.0. The van der Waals surface area contributed by atoms with E-state index in [0.717, 1.165) is 31.5 Å². The Balaban J connectivity index is 2.07. The van der Waals surface area contributed by atoms with E-state index in [1.54, 1.807) is 0 Å². The number of hydrogen-bond acceptors (Lipinski definition) is 3. The maximum Gasteiger partial charge on any atom is 0.240 e. The minimum atomic E-state index is -0.257. The van der Waals surface area contributed by atoms with E-state index in [4.69, 9.17) is 0 Å². The summed E-state index contributed by atoms with van der Waals surface area (Å²) < 4.78 is 0. The molecule has 1 amide bonds. The highest BCUT2D eigenvalue weighted by atomic mass is 16.3. The van der Waals surface area contributed by atoms with Crippen molar-refractivity contribution in [3.05, 3.63) is 35.4 Å². The minimum Gasteiger partial charge on any atom is -0.395 e. The largest absolute Gasteiger partial charge is 0.395 e. The number of benzene rings is 1. The molecule has 1 saturated heterocycles. The second kappa shape index (κ2) is 7.57. The van der Waals surface area contributed by atoms with E-state index in [9.17, 15) is 9.90 Å². The SMILES string of the molecule is Cc1ccc(C[C@H](NC(C)CO)C(=O)N2CCCC2)cc1. The summed E-state index contributed by atoms with van der Waals surface area (Å²) in [5.41, 5.74) is 2.37. The van der Waals surface area contributed by atoms with E-state index in [2.05, 4.69) is 36.5 Å². The second-order valence-electron chi connectivity index (χ2n) is 6.02. The Hall–Kier alpha value is -1.39. The molecule has 2 rings (SSSR count). The van der Waals surface area contributed by atoms with Gasteiger partial charge in [-0.25, -0.2) is 0 Å². The lowest BCUT2D eigenvalue weighted by Crippen LogP contribution is -2.50. The molecule has 0 saturated carbocycles. The average molecular weight is 290 g/mol. The van der Waals surface area contributed by atoms with Crippen LogP contribution < -0.4 is 5.32 Å². The number of rotatable bonds is 6. The minimum absolute atomic E-state index is 0.0394. The third kappa shape index (κ3) is 4.55. The topological polar surface area (TPSA) is 52.6 Å². The Bertz CT molecular complexity index is 452. The van der Waals surface area contributed by atoms with Gasteiger partial charge >= 0.3 is 0 Å². The summed E-state index contributed by atoms with van der Waals surface area (Å²) in [6, 6.07) is 7.96. The van der Waals surface area contributed by atoms with Gasteiger partial charge in [-0.15, -0.1) is 0 Å². The van der Waals surface area contributed by atoms with Crippen LogP contribution in [0.15, 0.2) is 24.3 Å². The quantitative estimate of drug-likeness (QED) is 0.835. The highest BCUT2D eigenvalue weighted by molar-refractivity contribution is 5.82. The third-order valence-electron chi connectivity index (χ3n) is 4.04.